The molecule has 1 aromatic carbocycles. The van der Waals surface area contributed by atoms with Gasteiger partial charge in [0, 0.05) is 13.5 Å². The van der Waals surface area contributed by atoms with Crippen molar-refractivity contribution in [2.24, 2.45) is 0 Å². The van der Waals surface area contributed by atoms with Gasteiger partial charge in [0.15, 0.2) is 0 Å². The lowest BCUT2D eigenvalue weighted by Gasteiger charge is -2.08. The van der Waals surface area contributed by atoms with Crippen molar-refractivity contribution in [2.75, 3.05) is 20.3 Å². The smallest absolute Gasteiger partial charge is 0.264 e. The molecule has 0 unspecified atom stereocenters. The summed E-state index contributed by atoms with van der Waals surface area (Å²) in [7, 11) is 1.39. The SMILES string of the molecule is COCC(=O)NNC(=O)CCCOc1ccc(O)cc1. The van der Waals surface area contributed by atoms with Gasteiger partial charge in [-0.1, -0.05) is 0 Å². The molecule has 1 rings (SSSR count). The largest absolute Gasteiger partial charge is 0.508 e. The highest BCUT2D eigenvalue weighted by atomic mass is 16.5. The van der Waals surface area contributed by atoms with E-state index in [1.54, 1.807) is 12.1 Å². The van der Waals surface area contributed by atoms with Crippen LogP contribution < -0.4 is 15.6 Å². The second kappa shape index (κ2) is 8.76. The number of phenols is 1. The van der Waals surface area contributed by atoms with Crippen LogP contribution in [0, 0.1) is 0 Å². The van der Waals surface area contributed by atoms with E-state index in [2.05, 4.69) is 15.6 Å². The molecule has 0 aliphatic heterocycles. The van der Waals surface area contributed by atoms with E-state index in [1.165, 1.54) is 19.2 Å². The molecule has 3 N–H and O–H groups in total. The Morgan fingerprint density at radius 2 is 1.80 bits per heavy atom. The number of rotatable bonds is 7. The lowest BCUT2D eigenvalue weighted by atomic mass is 10.3. The maximum Gasteiger partial charge on any atom is 0.264 e. The van der Waals surface area contributed by atoms with E-state index >= 15 is 0 Å². The maximum atomic E-state index is 11.4. The molecule has 0 atom stereocenters. The number of ether oxygens (including phenoxy) is 2. The average Bonchev–Trinajstić information content (AvgIpc) is 2.43. The Kier molecular flexibility index (Phi) is 6.91. The van der Waals surface area contributed by atoms with Crippen LogP contribution in [0.5, 0.6) is 11.5 Å². The molecule has 1 aromatic rings. The van der Waals surface area contributed by atoms with Crippen molar-refractivity contribution in [3.8, 4) is 11.5 Å². The van der Waals surface area contributed by atoms with Crippen LogP contribution in [0.25, 0.3) is 0 Å². The number of aromatic hydroxyl groups is 1. The number of methoxy groups -OCH3 is 1. The molecule has 0 heterocycles. The lowest BCUT2D eigenvalue weighted by Crippen LogP contribution is -2.43. The minimum absolute atomic E-state index is 0.107. The van der Waals surface area contributed by atoms with Crippen molar-refractivity contribution in [3.05, 3.63) is 24.3 Å². The van der Waals surface area contributed by atoms with Crippen molar-refractivity contribution in [1.29, 1.82) is 0 Å². The number of hydrazine groups is 1. The van der Waals surface area contributed by atoms with E-state index in [1.807, 2.05) is 0 Å². The third-order valence-electron chi connectivity index (χ3n) is 2.27. The summed E-state index contributed by atoms with van der Waals surface area (Å²) >= 11 is 0. The molecule has 110 valence electrons. The Balaban J connectivity index is 2.10. The molecule has 20 heavy (non-hydrogen) atoms. The maximum absolute atomic E-state index is 11.4. The quantitative estimate of drug-likeness (QED) is 0.495. The zero-order valence-electron chi connectivity index (χ0n) is 11.2. The molecule has 7 heteroatoms. The highest BCUT2D eigenvalue weighted by Gasteiger charge is 2.04. The first-order chi connectivity index (χ1) is 9.61. The number of phenolic OH excluding ortho intramolecular Hbond substituents is 1. The summed E-state index contributed by atoms with van der Waals surface area (Å²) in [6, 6.07) is 6.32. The molecular weight excluding hydrogens is 264 g/mol. The molecule has 7 nitrogen and oxygen atoms in total. The predicted octanol–water partition coefficient (Wildman–Crippen LogP) is 0.345. The predicted molar refractivity (Wildman–Crippen MR) is 71.0 cm³/mol. The first-order valence-corrected chi connectivity index (χ1v) is 6.10. The molecule has 0 aliphatic rings. The Bertz CT molecular complexity index is 433. The zero-order valence-corrected chi connectivity index (χ0v) is 11.2. The highest BCUT2D eigenvalue weighted by Crippen LogP contribution is 2.15. The fourth-order valence-corrected chi connectivity index (χ4v) is 1.33. The summed E-state index contributed by atoms with van der Waals surface area (Å²) in [6.45, 7) is 0.258. The molecule has 0 fully saturated rings. The Morgan fingerprint density at radius 3 is 2.45 bits per heavy atom. The van der Waals surface area contributed by atoms with E-state index < -0.39 is 5.91 Å². The van der Waals surface area contributed by atoms with Crippen molar-refractivity contribution in [3.63, 3.8) is 0 Å². The summed E-state index contributed by atoms with van der Waals surface area (Å²) in [6.07, 6.45) is 0.734. The summed E-state index contributed by atoms with van der Waals surface area (Å²) < 4.78 is 9.97. The number of amides is 2. The molecule has 2 amide bonds. The van der Waals surface area contributed by atoms with Gasteiger partial charge >= 0.3 is 0 Å². The van der Waals surface area contributed by atoms with Crippen LogP contribution in [-0.2, 0) is 14.3 Å². The highest BCUT2D eigenvalue weighted by molar-refractivity contribution is 5.82. The molecule has 0 radical (unpaired) electrons. The third-order valence-corrected chi connectivity index (χ3v) is 2.27. The first kappa shape index (κ1) is 15.8. The van der Waals surface area contributed by atoms with Crippen molar-refractivity contribution >= 4 is 11.8 Å². The molecule has 0 saturated heterocycles. The van der Waals surface area contributed by atoms with Crippen LogP contribution in [0.3, 0.4) is 0 Å². The van der Waals surface area contributed by atoms with E-state index in [9.17, 15) is 9.59 Å². The zero-order chi connectivity index (χ0) is 14.8. The number of hydrogen-bond donors (Lipinski definition) is 3. The van der Waals surface area contributed by atoms with Gasteiger partial charge in [-0.05, 0) is 30.7 Å². The van der Waals surface area contributed by atoms with Gasteiger partial charge in [-0.25, -0.2) is 0 Å². The summed E-state index contributed by atoms with van der Waals surface area (Å²) in [5, 5.41) is 9.09. The first-order valence-electron chi connectivity index (χ1n) is 6.10. The van der Waals surface area contributed by atoms with Crippen LogP contribution in [0.15, 0.2) is 24.3 Å². The van der Waals surface area contributed by atoms with Gasteiger partial charge < -0.3 is 14.6 Å². The Hall–Kier alpha value is -2.28. The fraction of sp³-hybridized carbons (Fsp3) is 0.385. The van der Waals surface area contributed by atoms with Gasteiger partial charge in [0.25, 0.3) is 5.91 Å². The number of benzene rings is 1. The molecule has 0 aromatic heterocycles. The van der Waals surface area contributed by atoms with Gasteiger partial charge in [-0.15, -0.1) is 0 Å². The standard InChI is InChI=1S/C13H18N2O5/c1-19-9-13(18)15-14-12(17)3-2-8-20-11-6-4-10(16)5-7-11/h4-7,16H,2-3,8-9H2,1H3,(H,14,17)(H,15,18). The van der Waals surface area contributed by atoms with E-state index in [4.69, 9.17) is 9.84 Å². The minimum atomic E-state index is -0.416. The number of carbonyl (C=O) groups excluding carboxylic acids is 2. The van der Waals surface area contributed by atoms with Crippen LogP contribution in [0.4, 0.5) is 0 Å². The summed E-state index contributed by atoms with van der Waals surface area (Å²) in [5.74, 6) is 0.0742. The second-order valence-electron chi connectivity index (χ2n) is 3.98. The molecular formula is C13H18N2O5. The molecule has 0 aliphatic carbocycles. The molecule has 0 spiro atoms. The van der Waals surface area contributed by atoms with Gasteiger partial charge in [-0.3, -0.25) is 20.4 Å². The summed E-state index contributed by atoms with van der Waals surface area (Å²) in [5.41, 5.74) is 4.48. The van der Waals surface area contributed by atoms with Gasteiger partial charge in [0.05, 0.1) is 6.61 Å². The molecule has 0 bridgehead atoms. The van der Waals surface area contributed by atoms with Gasteiger partial charge in [0.2, 0.25) is 5.91 Å². The van der Waals surface area contributed by atoms with E-state index in [0.717, 1.165) is 0 Å². The van der Waals surface area contributed by atoms with Crippen molar-refractivity contribution < 1.29 is 24.2 Å². The van der Waals surface area contributed by atoms with Crippen LogP contribution in [-0.4, -0.2) is 37.2 Å². The topological polar surface area (TPSA) is 96.9 Å². The van der Waals surface area contributed by atoms with Gasteiger partial charge in [-0.2, -0.15) is 0 Å². The Morgan fingerprint density at radius 1 is 1.15 bits per heavy atom. The number of nitrogens with one attached hydrogen (secondary N) is 2. The minimum Gasteiger partial charge on any atom is -0.508 e. The normalized spacial score (nSPS) is 9.85. The van der Waals surface area contributed by atoms with E-state index in [0.29, 0.717) is 18.8 Å². The van der Waals surface area contributed by atoms with Crippen LogP contribution in [0.2, 0.25) is 0 Å². The van der Waals surface area contributed by atoms with E-state index in [-0.39, 0.29) is 24.7 Å². The lowest BCUT2D eigenvalue weighted by molar-refractivity contribution is -0.131. The monoisotopic (exact) mass is 282 g/mol. The molecule has 0 saturated carbocycles. The van der Waals surface area contributed by atoms with Crippen LogP contribution >= 0.6 is 0 Å². The third kappa shape index (κ3) is 6.60. The van der Waals surface area contributed by atoms with Gasteiger partial charge in [0.1, 0.15) is 18.1 Å². The average molecular weight is 282 g/mol. The van der Waals surface area contributed by atoms with Crippen molar-refractivity contribution in [1.82, 2.24) is 10.9 Å². The Labute approximate surface area is 116 Å². The fourth-order valence-electron chi connectivity index (χ4n) is 1.33. The summed E-state index contributed by atoms with van der Waals surface area (Å²) in [4.78, 5) is 22.3. The second-order valence-corrected chi connectivity index (χ2v) is 3.98. The van der Waals surface area contributed by atoms with Crippen molar-refractivity contribution in [2.45, 2.75) is 12.8 Å². The van der Waals surface area contributed by atoms with Crippen LogP contribution in [0.1, 0.15) is 12.8 Å². The number of carbonyl (C=O) groups is 2. The number of hydrogen-bond acceptors (Lipinski definition) is 5.